The van der Waals surface area contributed by atoms with Gasteiger partial charge in [-0.1, -0.05) is 31.4 Å². The van der Waals surface area contributed by atoms with E-state index in [9.17, 15) is 9.18 Å². The van der Waals surface area contributed by atoms with Gasteiger partial charge in [-0.2, -0.15) is 0 Å². The van der Waals surface area contributed by atoms with Gasteiger partial charge in [0.05, 0.1) is 6.20 Å². The standard InChI is InChI=1S/C21H24FN5O/c22-16-6-4-5-15(13-16)20-21(27-12-11-23-14-18(27)26-20)24-10-9-19(28)25-17-7-2-1-3-8-17/h4-6,11-14,17,24H,1-3,7-10H2,(H,25,28). The van der Waals surface area contributed by atoms with E-state index in [1.54, 1.807) is 24.7 Å². The molecule has 0 spiro atoms. The van der Waals surface area contributed by atoms with Crippen LogP contribution in [0, 0.1) is 5.82 Å². The molecule has 0 saturated heterocycles. The van der Waals surface area contributed by atoms with E-state index in [1.165, 1.54) is 31.4 Å². The minimum absolute atomic E-state index is 0.0576. The summed E-state index contributed by atoms with van der Waals surface area (Å²) >= 11 is 0. The highest BCUT2D eigenvalue weighted by atomic mass is 19.1. The minimum Gasteiger partial charge on any atom is -0.369 e. The Balaban J connectivity index is 1.48. The van der Waals surface area contributed by atoms with Crippen molar-refractivity contribution in [1.29, 1.82) is 0 Å². The van der Waals surface area contributed by atoms with Crippen LogP contribution in [-0.4, -0.2) is 32.9 Å². The first-order chi connectivity index (χ1) is 13.7. The maximum Gasteiger partial charge on any atom is 0.221 e. The number of hydrogen-bond acceptors (Lipinski definition) is 4. The van der Waals surface area contributed by atoms with Gasteiger partial charge >= 0.3 is 0 Å². The zero-order chi connectivity index (χ0) is 19.3. The molecule has 6 nitrogen and oxygen atoms in total. The smallest absolute Gasteiger partial charge is 0.221 e. The van der Waals surface area contributed by atoms with E-state index in [2.05, 4.69) is 20.6 Å². The predicted octanol–water partition coefficient (Wildman–Crippen LogP) is 3.79. The first-order valence-corrected chi connectivity index (χ1v) is 9.82. The van der Waals surface area contributed by atoms with E-state index in [0.29, 0.717) is 35.9 Å². The molecule has 1 amide bonds. The average molecular weight is 381 g/mol. The summed E-state index contributed by atoms with van der Waals surface area (Å²) < 4.78 is 15.6. The van der Waals surface area contributed by atoms with Crippen molar-refractivity contribution >= 4 is 17.4 Å². The van der Waals surface area contributed by atoms with Crippen molar-refractivity contribution in [3.05, 3.63) is 48.7 Å². The van der Waals surface area contributed by atoms with Crippen molar-refractivity contribution in [3.8, 4) is 11.3 Å². The number of nitrogens with one attached hydrogen (secondary N) is 2. The van der Waals surface area contributed by atoms with Crippen LogP contribution in [0.4, 0.5) is 10.2 Å². The third-order valence-electron chi connectivity index (χ3n) is 5.14. The van der Waals surface area contributed by atoms with Crippen LogP contribution in [0.5, 0.6) is 0 Å². The van der Waals surface area contributed by atoms with Gasteiger partial charge in [0, 0.05) is 37.0 Å². The Morgan fingerprint density at radius 3 is 2.93 bits per heavy atom. The molecule has 1 aliphatic rings. The van der Waals surface area contributed by atoms with E-state index in [4.69, 9.17) is 0 Å². The second kappa shape index (κ2) is 8.37. The first-order valence-electron chi connectivity index (χ1n) is 9.82. The molecule has 146 valence electrons. The number of halogens is 1. The van der Waals surface area contributed by atoms with Gasteiger partial charge in [0.1, 0.15) is 17.3 Å². The molecule has 3 aromatic rings. The molecule has 4 rings (SSSR count). The predicted molar refractivity (Wildman–Crippen MR) is 107 cm³/mol. The third-order valence-corrected chi connectivity index (χ3v) is 5.14. The lowest BCUT2D eigenvalue weighted by atomic mass is 9.95. The quantitative estimate of drug-likeness (QED) is 0.682. The third kappa shape index (κ3) is 4.13. The van der Waals surface area contributed by atoms with Gasteiger partial charge < -0.3 is 10.6 Å². The number of hydrogen-bond donors (Lipinski definition) is 2. The molecule has 1 saturated carbocycles. The number of amides is 1. The van der Waals surface area contributed by atoms with E-state index in [0.717, 1.165) is 18.7 Å². The Morgan fingerprint density at radius 1 is 1.25 bits per heavy atom. The number of nitrogens with zero attached hydrogens (tertiary/aromatic N) is 3. The fourth-order valence-electron chi connectivity index (χ4n) is 3.75. The number of carbonyl (C=O) groups is 1. The summed E-state index contributed by atoms with van der Waals surface area (Å²) in [7, 11) is 0. The summed E-state index contributed by atoms with van der Waals surface area (Å²) in [6.07, 6.45) is 11.3. The van der Waals surface area contributed by atoms with E-state index in [-0.39, 0.29) is 11.7 Å². The van der Waals surface area contributed by atoms with Gasteiger partial charge in [0.15, 0.2) is 5.65 Å². The zero-order valence-corrected chi connectivity index (χ0v) is 15.7. The van der Waals surface area contributed by atoms with Crippen LogP contribution in [0.15, 0.2) is 42.9 Å². The van der Waals surface area contributed by atoms with Crippen molar-refractivity contribution in [2.75, 3.05) is 11.9 Å². The van der Waals surface area contributed by atoms with Gasteiger partial charge in [-0.25, -0.2) is 9.37 Å². The number of rotatable bonds is 6. The molecule has 2 heterocycles. The van der Waals surface area contributed by atoms with Crippen molar-refractivity contribution in [3.63, 3.8) is 0 Å². The summed E-state index contributed by atoms with van der Waals surface area (Å²) in [4.78, 5) is 21.0. The summed E-state index contributed by atoms with van der Waals surface area (Å²) in [5, 5.41) is 6.44. The number of aromatic nitrogens is 3. The van der Waals surface area contributed by atoms with Crippen LogP contribution >= 0.6 is 0 Å². The average Bonchev–Trinajstić information content (AvgIpc) is 3.08. The SMILES string of the molecule is O=C(CCNc1c(-c2cccc(F)c2)nc2cnccn12)NC1CCCCC1. The number of imidazole rings is 1. The fourth-order valence-corrected chi connectivity index (χ4v) is 3.75. The minimum atomic E-state index is -0.314. The molecule has 7 heteroatoms. The lowest BCUT2D eigenvalue weighted by Gasteiger charge is -2.22. The summed E-state index contributed by atoms with van der Waals surface area (Å²) in [6.45, 7) is 0.469. The van der Waals surface area contributed by atoms with Gasteiger partial charge in [0.25, 0.3) is 0 Å². The highest BCUT2D eigenvalue weighted by molar-refractivity contribution is 5.78. The molecule has 1 aliphatic carbocycles. The number of benzene rings is 1. The second-order valence-corrected chi connectivity index (χ2v) is 7.20. The lowest BCUT2D eigenvalue weighted by molar-refractivity contribution is -0.121. The van der Waals surface area contributed by atoms with Crippen LogP contribution in [0.3, 0.4) is 0 Å². The molecular weight excluding hydrogens is 357 g/mol. The molecule has 0 radical (unpaired) electrons. The highest BCUT2D eigenvalue weighted by Crippen LogP contribution is 2.28. The Hall–Kier alpha value is -2.96. The molecule has 2 aromatic heterocycles. The topological polar surface area (TPSA) is 71.3 Å². The zero-order valence-electron chi connectivity index (χ0n) is 15.7. The molecule has 2 N–H and O–H groups in total. The van der Waals surface area contributed by atoms with E-state index < -0.39 is 0 Å². The Bertz CT molecular complexity index is 964. The van der Waals surface area contributed by atoms with Gasteiger partial charge in [-0.15, -0.1) is 0 Å². The Kier molecular flexibility index (Phi) is 5.50. The number of carbonyl (C=O) groups excluding carboxylic acids is 1. The highest BCUT2D eigenvalue weighted by Gasteiger charge is 2.17. The number of anilines is 1. The first kappa shape index (κ1) is 18.4. The molecule has 0 unspecified atom stereocenters. The second-order valence-electron chi connectivity index (χ2n) is 7.20. The van der Waals surface area contributed by atoms with Gasteiger partial charge in [-0.3, -0.25) is 14.2 Å². The lowest BCUT2D eigenvalue weighted by Crippen LogP contribution is -2.36. The van der Waals surface area contributed by atoms with Crippen molar-refractivity contribution < 1.29 is 9.18 Å². The maximum atomic E-state index is 13.7. The Morgan fingerprint density at radius 2 is 2.11 bits per heavy atom. The maximum absolute atomic E-state index is 13.7. The van der Waals surface area contributed by atoms with Crippen LogP contribution in [0.25, 0.3) is 16.9 Å². The van der Waals surface area contributed by atoms with Crippen molar-refractivity contribution in [1.82, 2.24) is 19.7 Å². The van der Waals surface area contributed by atoms with Gasteiger partial charge in [0.2, 0.25) is 5.91 Å². The largest absolute Gasteiger partial charge is 0.369 e. The molecule has 0 atom stereocenters. The van der Waals surface area contributed by atoms with E-state index in [1.807, 2.05) is 10.5 Å². The summed E-state index contributed by atoms with van der Waals surface area (Å²) in [5.41, 5.74) is 1.98. The van der Waals surface area contributed by atoms with Gasteiger partial charge in [-0.05, 0) is 25.0 Å². The van der Waals surface area contributed by atoms with Crippen molar-refractivity contribution in [2.24, 2.45) is 0 Å². The molecule has 0 bridgehead atoms. The molecule has 0 aliphatic heterocycles. The Labute approximate surface area is 163 Å². The fraction of sp³-hybridized carbons (Fsp3) is 0.381. The van der Waals surface area contributed by atoms with Crippen LogP contribution < -0.4 is 10.6 Å². The van der Waals surface area contributed by atoms with Crippen molar-refractivity contribution in [2.45, 2.75) is 44.6 Å². The van der Waals surface area contributed by atoms with E-state index >= 15 is 0 Å². The molecule has 1 fully saturated rings. The van der Waals surface area contributed by atoms with Crippen LogP contribution in [0.1, 0.15) is 38.5 Å². The molecule has 28 heavy (non-hydrogen) atoms. The molecular formula is C21H24FN5O. The number of fused-ring (bicyclic) bond motifs is 1. The summed E-state index contributed by atoms with van der Waals surface area (Å²) in [6, 6.07) is 6.65. The monoisotopic (exact) mass is 381 g/mol. The van der Waals surface area contributed by atoms with Crippen LogP contribution in [-0.2, 0) is 4.79 Å². The molecule has 1 aromatic carbocycles. The normalized spacial score (nSPS) is 14.9. The summed E-state index contributed by atoms with van der Waals surface area (Å²) in [5.74, 6) is 0.473. The van der Waals surface area contributed by atoms with Crippen LogP contribution in [0.2, 0.25) is 0 Å².